The van der Waals surface area contributed by atoms with Gasteiger partial charge in [-0.1, -0.05) is 33.1 Å². The van der Waals surface area contributed by atoms with Crippen LogP contribution in [-0.4, -0.2) is 11.1 Å². The van der Waals surface area contributed by atoms with Gasteiger partial charge in [-0.3, -0.25) is 4.79 Å². The number of rotatable bonds is 4. The molecule has 15 heavy (non-hydrogen) atoms. The quantitative estimate of drug-likeness (QED) is 0.773. The second-order valence-electron chi connectivity index (χ2n) is 5.44. The van der Waals surface area contributed by atoms with Crippen molar-refractivity contribution in [2.75, 3.05) is 0 Å². The summed E-state index contributed by atoms with van der Waals surface area (Å²) in [6, 6.07) is 0. The van der Waals surface area contributed by atoms with Crippen LogP contribution in [0.25, 0.3) is 0 Å². The molecule has 0 aromatic carbocycles. The molecule has 2 fully saturated rings. The third-order valence-electron chi connectivity index (χ3n) is 5.01. The molecule has 86 valence electrons. The minimum Gasteiger partial charge on any atom is -0.481 e. The van der Waals surface area contributed by atoms with Crippen molar-refractivity contribution < 1.29 is 9.90 Å². The van der Waals surface area contributed by atoms with Crippen molar-refractivity contribution in [2.24, 2.45) is 23.2 Å². The fourth-order valence-corrected chi connectivity index (χ4v) is 4.33. The summed E-state index contributed by atoms with van der Waals surface area (Å²) in [5.74, 6) is 1.07. The van der Waals surface area contributed by atoms with Gasteiger partial charge in [-0.15, -0.1) is 0 Å². The van der Waals surface area contributed by atoms with E-state index >= 15 is 0 Å². The standard InChI is InChI=1S/C13H22O2/c1-3-10(4-2)13(12(14)15)8-9-5-6-11(13)7-9/h9-11H,3-8H2,1-2H3,(H,14,15). The highest BCUT2D eigenvalue weighted by atomic mass is 16.4. The zero-order valence-electron chi connectivity index (χ0n) is 9.83. The molecule has 2 bridgehead atoms. The number of fused-ring (bicyclic) bond motifs is 2. The van der Waals surface area contributed by atoms with E-state index in [-0.39, 0.29) is 5.41 Å². The Hall–Kier alpha value is -0.530. The van der Waals surface area contributed by atoms with E-state index in [0.29, 0.717) is 17.8 Å². The van der Waals surface area contributed by atoms with Crippen LogP contribution in [-0.2, 0) is 4.79 Å². The molecule has 0 aliphatic heterocycles. The van der Waals surface area contributed by atoms with Gasteiger partial charge in [-0.05, 0) is 37.0 Å². The second-order valence-corrected chi connectivity index (χ2v) is 5.44. The Labute approximate surface area is 92.1 Å². The minimum absolute atomic E-state index is 0.355. The molecule has 2 rings (SSSR count). The van der Waals surface area contributed by atoms with Gasteiger partial charge in [0.25, 0.3) is 0 Å². The van der Waals surface area contributed by atoms with Crippen molar-refractivity contribution in [3.8, 4) is 0 Å². The van der Waals surface area contributed by atoms with E-state index in [0.717, 1.165) is 25.7 Å². The highest BCUT2D eigenvalue weighted by molar-refractivity contribution is 5.76. The smallest absolute Gasteiger partial charge is 0.310 e. The summed E-state index contributed by atoms with van der Waals surface area (Å²) >= 11 is 0. The lowest BCUT2D eigenvalue weighted by atomic mass is 9.63. The summed E-state index contributed by atoms with van der Waals surface area (Å²) in [5, 5.41) is 9.62. The Morgan fingerprint density at radius 2 is 2.07 bits per heavy atom. The molecule has 3 atom stereocenters. The third kappa shape index (κ3) is 1.41. The molecular weight excluding hydrogens is 188 g/mol. The lowest BCUT2D eigenvalue weighted by Crippen LogP contribution is -2.42. The molecule has 2 heteroatoms. The maximum atomic E-state index is 11.7. The predicted octanol–water partition coefficient (Wildman–Crippen LogP) is 3.31. The maximum absolute atomic E-state index is 11.7. The Bertz CT molecular complexity index is 257. The Balaban J connectivity index is 2.29. The van der Waals surface area contributed by atoms with Crippen LogP contribution in [0.15, 0.2) is 0 Å². The third-order valence-corrected chi connectivity index (χ3v) is 5.01. The molecule has 1 N–H and O–H groups in total. The van der Waals surface area contributed by atoms with E-state index in [1.54, 1.807) is 0 Å². The van der Waals surface area contributed by atoms with E-state index in [9.17, 15) is 9.90 Å². The van der Waals surface area contributed by atoms with Crippen LogP contribution >= 0.6 is 0 Å². The summed E-state index contributed by atoms with van der Waals surface area (Å²) in [6.45, 7) is 4.29. The van der Waals surface area contributed by atoms with Crippen LogP contribution in [0.1, 0.15) is 52.4 Å². The van der Waals surface area contributed by atoms with Gasteiger partial charge in [0.15, 0.2) is 0 Å². The molecule has 2 nitrogen and oxygen atoms in total. The monoisotopic (exact) mass is 210 g/mol. The van der Waals surface area contributed by atoms with Crippen molar-refractivity contribution in [1.82, 2.24) is 0 Å². The Morgan fingerprint density at radius 3 is 2.40 bits per heavy atom. The molecule has 0 aromatic heterocycles. The highest BCUT2D eigenvalue weighted by Gasteiger charge is 2.58. The van der Waals surface area contributed by atoms with Crippen LogP contribution in [0.2, 0.25) is 0 Å². The van der Waals surface area contributed by atoms with Gasteiger partial charge >= 0.3 is 5.97 Å². The van der Waals surface area contributed by atoms with E-state index in [1.165, 1.54) is 12.8 Å². The second kappa shape index (κ2) is 3.80. The molecule has 0 amide bonds. The average molecular weight is 210 g/mol. The lowest BCUT2D eigenvalue weighted by molar-refractivity contribution is -0.157. The van der Waals surface area contributed by atoms with Crippen LogP contribution in [0.3, 0.4) is 0 Å². The van der Waals surface area contributed by atoms with E-state index in [1.807, 2.05) is 0 Å². The van der Waals surface area contributed by atoms with Crippen molar-refractivity contribution in [1.29, 1.82) is 0 Å². The first-order valence-electron chi connectivity index (χ1n) is 6.38. The van der Waals surface area contributed by atoms with E-state index in [2.05, 4.69) is 13.8 Å². The molecule has 0 heterocycles. The zero-order valence-corrected chi connectivity index (χ0v) is 9.83. The molecule has 2 saturated carbocycles. The van der Waals surface area contributed by atoms with Gasteiger partial charge in [0.2, 0.25) is 0 Å². The molecular formula is C13H22O2. The van der Waals surface area contributed by atoms with Crippen molar-refractivity contribution in [3.63, 3.8) is 0 Å². The highest BCUT2D eigenvalue weighted by Crippen LogP contribution is 2.60. The average Bonchev–Trinajstić information content (AvgIpc) is 2.79. The number of hydrogen-bond donors (Lipinski definition) is 1. The molecule has 3 unspecified atom stereocenters. The number of aliphatic carboxylic acids is 1. The summed E-state index contributed by atoms with van der Waals surface area (Å²) in [7, 11) is 0. The number of carboxylic acid groups (broad SMARTS) is 1. The Morgan fingerprint density at radius 1 is 1.40 bits per heavy atom. The fraction of sp³-hybridized carbons (Fsp3) is 0.923. The van der Waals surface area contributed by atoms with Crippen molar-refractivity contribution >= 4 is 5.97 Å². The fourth-order valence-electron chi connectivity index (χ4n) is 4.33. The van der Waals surface area contributed by atoms with Crippen LogP contribution in [0.4, 0.5) is 0 Å². The molecule has 0 saturated heterocycles. The summed E-state index contributed by atoms with van der Waals surface area (Å²) in [5.41, 5.74) is -0.355. The van der Waals surface area contributed by atoms with Gasteiger partial charge in [0.1, 0.15) is 0 Å². The van der Waals surface area contributed by atoms with Crippen molar-refractivity contribution in [2.45, 2.75) is 52.4 Å². The van der Waals surface area contributed by atoms with E-state index in [4.69, 9.17) is 0 Å². The first-order chi connectivity index (χ1) is 7.15. The SMILES string of the molecule is CCC(CC)C1(C(=O)O)CC2CCC1C2. The largest absolute Gasteiger partial charge is 0.481 e. The van der Waals surface area contributed by atoms with E-state index < -0.39 is 5.97 Å². The lowest BCUT2D eigenvalue weighted by Gasteiger charge is -2.40. The zero-order chi connectivity index (χ0) is 11.1. The molecule has 0 aromatic rings. The van der Waals surface area contributed by atoms with Gasteiger partial charge in [-0.2, -0.15) is 0 Å². The molecule has 2 aliphatic carbocycles. The van der Waals surface area contributed by atoms with Gasteiger partial charge in [0, 0.05) is 0 Å². The van der Waals surface area contributed by atoms with Crippen molar-refractivity contribution in [3.05, 3.63) is 0 Å². The first-order valence-corrected chi connectivity index (χ1v) is 6.38. The predicted molar refractivity (Wildman–Crippen MR) is 59.6 cm³/mol. The number of carbonyl (C=O) groups is 1. The van der Waals surface area contributed by atoms with Gasteiger partial charge < -0.3 is 5.11 Å². The normalized spacial score (nSPS) is 38.9. The minimum atomic E-state index is -0.511. The van der Waals surface area contributed by atoms with Crippen LogP contribution in [0.5, 0.6) is 0 Å². The molecule has 0 radical (unpaired) electrons. The first kappa shape index (κ1) is 11.0. The van der Waals surface area contributed by atoms with Crippen LogP contribution in [0, 0.1) is 23.2 Å². The Kier molecular flexibility index (Phi) is 2.78. The summed E-state index contributed by atoms with van der Waals surface area (Å²) in [4.78, 5) is 11.7. The number of hydrogen-bond acceptors (Lipinski definition) is 1. The molecule has 0 spiro atoms. The van der Waals surface area contributed by atoms with Gasteiger partial charge in [-0.25, -0.2) is 0 Å². The summed E-state index contributed by atoms with van der Waals surface area (Å²) in [6.07, 6.45) is 6.62. The topological polar surface area (TPSA) is 37.3 Å². The van der Waals surface area contributed by atoms with Crippen LogP contribution < -0.4 is 0 Å². The maximum Gasteiger partial charge on any atom is 0.310 e. The van der Waals surface area contributed by atoms with Gasteiger partial charge in [0.05, 0.1) is 5.41 Å². The molecule has 2 aliphatic rings. The summed E-state index contributed by atoms with van der Waals surface area (Å²) < 4.78 is 0. The number of carboxylic acids is 1.